The number of hydrogen-bond acceptors (Lipinski definition) is 3. The number of benzene rings is 1. The minimum atomic E-state index is 0.552. The van der Waals surface area contributed by atoms with E-state index in [1.807, 2.05) is 18.2 Å². The monoisotopic (exact) mass is 387 g/mol. The first-order valence-electron chi connectivity index (χ1n) is 6.90. The average Bonchev–Trinajstić information content (AvgIpc) is 2.85. The normalized spacial score (nSPS) is 11.1. The van der Waals surface area contributed by atoms with Crippen molar-refractivity contribution in [3.63, 3.8) is 0 Å². The van der Waals surface area contributed by atoms with Crippen LogP contribution in [-0.4, -0.2) is 6.54 Å². The van der Waals surface area contributed by atoms with Crippen molar-refractivity contribution in [1.82, 2.24) is 5.32 Å². The number of thiophene rings is 1. The Bertz CT molecular complexity index is 585. The SMILES string of the molecule is CC(C)CNCc1ccc(COc2ccc(Br)cc2Cl)s1. The third-order valence-corrected chi connectivity index (χ3v) is 4.68. The lowest BCUT2D eigenvalue weighted by Gasteiger charge is -2.07. The Kier molecular flexibility index (Phi) is 6.55. The van der Waals surface area contributed by atoms with Crippen LogP contribution in [0.4, 0.5) is 0 Å². The van der Waals surface area contributed by atoms with E-state index in [2.05, 4.69) is 47.2 Å². The minimum absolute atomic E-state index is 0.552. The van der Waals surface area contributed by atoms with Crippen molar-refractivity contribution < 1.29 is 4.74 Å². The molecule has 2 nitrogen and oxygen atoms in total. The van der Waals surface area contributed by atoms with Gasteiger partial charge in [-0.2, -0.15) is 0 Å². The van der Waals surface area contributed by atoms with Crippen molar-refractivity contribution >= 4 is 38.9 Å². The molecule has 1 aromatic heterocycles. The van der Waals surface area contributed by atoms with Gasteiger partial charge in [-0.1, -0.05) is 41.4 Å². The van der Waals surface area contributed by atoms with Crippen molar-refractivity contribution in [3.05, 3.63) is 49.6 Å². The van der Waals surface area contributed by atoms with Crippen molar-refractivity contribution in [1.29, 1.82) is 0 Å². The van der Waals surface area contributed by atoms with Crippen LogP contribution >= 0.6 is 38.9 Å². The summed E-state index contributed by atoms with van der Waals surface area (Å²) in [5.41, 5.74) is 0. The summed E-state index contributed by atoms with van der Waals surface area (Å²) in [5, 5.41) is 4.07. The van der Waals surface area contributed by atoms with Gasteiger partial charge in [0.1, 0.15) is 12.4 Å². The molecule has 21 heavy (non-hydrogen) atoms. The Morgan fingerprint density at radius 2 is 2.00 bits per heavy atom. The van der Waals surface area contributed by atoms with E-state index in [0.29, 0.717) is 23.3 Å². The fourth-order valence-electron chi connectivity index (χ4n) is 1.82. The van der Waals surface area contributed by atoms with Crippen LogP contribution in [0.3, 0.4) is 0 Å². The van der Waals surface area contributed by atoms with Crippen LogP contribution < -0.4 is 10.1 Å². The number of rotatable bonds is 7. The fraction of sp³-hybridized carbons (Fsp3) is 0.375. The highest BCUT2D eigenvalue weighted by molar-refractivity contribution is 9.10. The van der Waals surface area contributed by atoms with E-state index in [0.717, 1.165) is 17.6 Å². The molecule has 0 saturated heterocycles. The third kappa shape index (κ3) is 5.62. The van der Waals surface area contributed by atoms with Crippen LogP contribution in [0.2, 0.25) is 5.02 Å². The summed E-state index contributed by atoms with van der Waals surface area (Å²) in [6.07, 6.45) is 0. The Hall–Kier alpha value is -0.550. The first-order valence-corrected chi connectivity index (χ1v) is 8.89. The van der Waals surface area contributed by atoms with Crippen molar-refractivity contribution in [2.75, 3.05) is 6.54 Å². The molecule has 114 valence electrons. The van der Waals surface area contributed by atoms with Crippen LogP contribution in [0.15, 0.2) is 34.8 Å². The quantitative estimate of drug-likeness (QED) is 0.677. The molecule has 0 fully saturated rings. The number of hydrogen-bond donors (Lipinski definition) is 1. The maximum atomic E-state index is 6.14. The lowest BCUT2D eigenvalue weighted by Crippen LogP contribution is -2.18. The molecule has 0 aliphatic rings. The van der Waals surface area contributed by atoms with Gasteiger partial charge in [0.25, 0.3) is 0 Å². The minimum Gasteiger partial charge on any atom is -0.487 e. The molecule has 0 spiro atoms. The number of halogens is 2. The maximum Gasteiger partial charge on any atom is 0.138 e. The predicted octanol–water partition coefficient (Wildman–Crippen LogP) is 5.49. The second kappa shape index (κ2) is 8.18. The van der Waals surface area contributed by atoms with E-state index in [1.165, 1.54) is 9.75 Å². The predicted molar refractivity (Wildman–Crippen MR) is 94.3 cm³/mol. The zero-order chi connectivity index (χ0) is 15.2. The molecule has 1 N–H and O–H groups in total. The topological polar surface area (TPSA) is 21.3 Å². The van der Waals surface area contributed by atoms with E-state index >= 15 is 0 Å². The maximum absolute atomic E-state index is 6.14. The van der Waals surface area contributed by atoms with Crippen molar-refractivity contribution in [2.24, 2.45) is 5.92 Å². The van der Waals surface area contributed by atoms with Crippen molar-refractivity contribution in [3.8, 4) is 5.75 Å². The van der Waals surface area contributed by atoms with Crippen LogP contribution in [0.1, 0.15) is 23.6 Å². The highest BCUT2D eigenvalue weighted by Crippen LogP contribution is 2.29. The Balaban J connectivity index is 1.85. The molecule has 1 aromatic carbocycles. The van der Waals surface area contributed by atoms with Gasteiger partial charge in [-0.15, -0.1) is 11.3 Å². The molecular weight excluding hydrogens is 370 g/mol. The molecule has 2 aromatic rings. The number of nitrogens with one attached hydrogen (secondary N) is 1. The summed E-state index contributed by atoms with van der Waals surface area (Å²) >= 11 is 11.3. The summed E-state index contributed by atoms with van der Waals surface area (Å²) in [6.45, 7) is 6.93. The molecule has 0 unspecified atom stereocenters. The molecule has 0 amide bonds. The van der Waals surface area contributed by atoms with E-state index in [1.54, 1.807) is 11.3 Å². The highest BCUT2D eigenvalue weighted by Gasteiger charge is 2.05. The van der Waals surface area contributed by atoms with Gasteiger partial charge < -0.3 is 10.1 Å². The van der Waals surface area contributed by atoms with Crippen LogP contribution in [-0.2, 0) is 13.2 Å². The summed E-state index contributed by atoms with van der Waals surface area (Å²) in [5.74, 6) is 1.39. The summed E-state index contributed by atoms with van der Waals surface area (Å²) in [6, 6.07) is 9.91. The largest absolute Gasteiger partial charge is 0.487 e. The van der Waals surface area contributed by atoms with E-state index in [-0.39, 0.29) is 0 Å². The third-order valence-electron chi connectivity index (χ3n) is 2.83. The zero-order valence-corrected chi connectivity index (χ0v) is 15.3. The fourth-order valence-corrected chi connectivity index (χ4v) is 3.45. The van der Waals surface area contributed by atoms with Gasteiger partial charge in [-0.05, 0) is 42.8 Å². The van der Waals surface area contributed by atoms with Crippen molar-refractivity contribution in [2.45, 2.75) is 27.0 Å². The average molecular weight is 389 g/mol. The van der Waals surface area contributed by atoms with E-state index < -0.39 is 0 Å². The Morgan fingerprint density at radius 3 is 2.71 bits per heavy atom. The van der Waals surface area contributed by atoms with Gasteiger partial charge >= 0.3 is 0 Å². The molecule has 0 aliphatic heterocycles. The molecule has 0 saturated carbocycles. The molecule has 2 rings (SSSR count). The second-order valence-electron chi connectivity index (χ2n) is 5.26. The lowest BCUT2D eigenvalue weighted by atomic mass is 10.2. The van der Waals surface area contributed by atoms with Gasteiger partial charge in [0.2, 0.25) is 0 Å². The Labute approximate surface area is 143 Å². The van der Waals surface area contributed by atoms with Gasteiger partial charge in [0, 0.05) is 20.8 Å². The smallest absolute Gasteiger partial charge is 0.138 e. The first-order chi connectivity index (χ1) is 10.0. The highest BCUT2D eigenvalue weighted by atomic mass is 79.9. The molecule has 1 heterocycles. The second-order valence-corrected chi connectivity index (χ2v) is 7.83. The summed E-state index contributed by atoms with van der Waals surface area (Å²) in [4.78, 5) is 2.53. The summed E-state index contributed by atoms with van der Waals surface area (Å²) in [7, 11) is 0. The first kappa shape index (κ1) is 16.8. The van der Waals surface area contributed by atoms with E-state index in [4.69, 9.17) is 16.3 Å². The van der Waals surface area contributed by atoms with Crippen LogP contribution in [0, 0.1) is 5.92 Å². The molecule has 0 aliphatic carbocycles. The zero-order valence-electron chi connectivity index (χ0n) is 12.2. The standard InChI is InChI=1S/C16H19BrClNOS/c1-11(2)8-19-9-13-4-5-14(21-13)10-20-16-6-3-12(17)7-15(16)18/h3-7,11,19H,8-10H2,1-2H3. The molecular formula is C16H19BrClNOS. The Morgan fingerprint density at radius 1 is 1.24 bits per heavy atom. The van der Waals surface area contributed by atoms with Crippen LogP contribution in [0.25, 0.3) is 0 Å². The molecule has 0 bridgehead atoms. The molecule has 5 heteroatoms. The molecule has 0 radical (unpaired) electrons. The summed E-state index contributed by atoms with van der Waals surface area (Å²) < 4.78 is 6.72. The van der Waals surface area contributed by atoms with Gasteiger partial charge in [-0.3, -0.25) is 0 Å². The van der Waals surface area contributed by atoms with Crippen LogP contribution in [0.5, 0.6) is 5.75 Å². The van der Waals surface area contributed by atoms with Gasteiger partial charge in [0.15, 0.2) is 0 Å². The van der Waals surface area contributed by atoms with Gasteiger partial charge in [0.05, 0.1) is 5.02 Å². The number of ether oxygens (including phenoxy) is 1. The van der Waals surface area contributed by atoms with Gasteiger partial charge in [-0.25, -0.2) is 0 Å². The molecule has 0 atom stereocenters. The lowest BCUT2D eigenvalue weighted by molar-refractivity contribution is 0.310. The van der Waals surface area contributed by atoms with E-state index in [9.17, 15) is 0 Å².